The number of thioether (sulfide) groups is 1. The molecule has 3 aromatic rings. The molecule has 0 aliphatic carbocycles. The van der Waals surface area contributed by atoms with Gasteiger partial charge in [-0.25, -0.2) is 4.98 Å². The number of rotatable bonds is 7. The molecular formula is C17H19N3OS2. The van der Waals surface area contributed by atoms with Crippen LogP contribution in [0, 0.1) is 5.92 Å². The van der Waals surface area contributed by atoms with E-state index in [0.717, 1.165) is 23.4 Å². The van der Waals surface area contributed by atoms with E-state index < -0.39 is 0 Å². The zero-order valence-corrected chi connectivity index (χ0v) is 14.9. The molecule has 6 heteroatoms. The van der Waals surface area contributed by atoms with E-state index in [9.17, 15) is 0 Å². The molecule has 0 spiro atoms. The Labute approximate surface area is 144 Å². The summed E-state index contributed by atoms with van der Waals surface area (Å²) in [6.07, 6.45) is 2.25. The fourth-order valence-electron chi connectivity index (χ4n) is 2.04. The summed E-state index contributed by atoms with van der Waals surface area (Å²) in [6.45, 7) is 4.48. The van der Waals surface area contributed by atoms with Gasteiger partial charge in [-0.3, -0.25) is 0 Å². The van der Waals surface area contributed by atoms with Crippen molar-refractivity contribution in [2.45, 2.75) is 37.7 Å². The average Bonchev–Trinajstić information content (AvgIpc) is 3.21. The van der Waals surface area contributed by atoms with E-state index in [2.05, 4.69) is 34.4 Å². The van der Waals surface area contributed by atoms with Crippen molar-refractivity contribution in [2.75, 3.05) is 0 Å². The number of hydrogen-bond donors (Lipinski definition) is 0. The van der Waals surface area contributed by atoms with Crippen molar-refractivity contribution < 1.29 is 4.42 Å². The van der Waals surface area contributed by atoms with E-state index in [-0.39, 0.29) is 0 Å². The number of hydrogen-bond acceptors (Lipinski definition) is 6. The highest BCUT2D eigenvalue weighted by Gasteiger charge is 2.10. The van der Waals surface area contributed by atoms with Crippen LogP contribution in [0.5, 0.6) is 0 Å². The molecule has 0 atom stereocenters. The van der Waals surface area contributed by atoms with Gasteiger partial charge in [-0.05, 0) is 30.9 Å². The topological polar surface area (TPSA) is 51.8 Å². The van der Waals surface area contributed by atoms with Crippen LogP contribution >= 0.6 is 23.1 Å². The molecule has 0 unspecified atom stereocenters. The molecule has 0 saturated carbocycles. The Morgan fingerprint density at radius 1 is 1.17 bits per heavy atom. The highest BCUT2D eigenvalue weighted by atomic mass is 32.2. The van der Waals surface area contributed by atoms with Crippen molar-refractivity contribution in [1.29, 1.82) is 0 Å². The summed E-state index contributed by atoms with van der Waals surface area (Å²) in [5, 5.41) is 12.1. The van der Waals surface area contributed by atoms with Crippen LogP contribution in [0.15, 0.2) is 45.4 Å². The minimum absolute atomic E-state index is 0.559. The van der Waals surface area contributed by atoms with E-state index in [1.807, 2.05) is 30.3 Å². The van der Waals surface area contributed by atoms with Crippen LogP contribution in [0.4, 0.5) is 0 Å². The molecule has 3 rings (SSSR count). The zero-order valence-electron chi connectivity index (χ0n) is 13.2. The van der Waals surface area contributed by atoms with Gasteiger partial charge in [-0.15, -0.1) is 21.5 Å². The summed E-state index contributed by atoms with van der Waals surface area (Å²) in [4.78, 5) is 4.67. The third-order valence-electron chi connectivity index (χ3n) is 3.31. The van der Waals surface area contributed by atoms with Gasteiger partial charge in [-0.2, -0.15) is 0 Å². The lowest BCUT2D eigenvalue weighted by Gasteiger charge is -2.00. The molecule has 0 aliphatic rings. The Balaban J connectivity index is 1.56. The Kier molecular flexibility index (Phi) is 5.46. The lowest BCUT2D eigenvalue weighted by Crippen LogP contribution is -1.92. The number of thiazole rings is 1. The van der Waals surface area contributed by atoms with E-state index >= 15 is 0 Å². The van der Waals surface area contributed by atoms with Gasteiger partial charge in [0.05, 0.1) is 10.7 Å². The lowest BCUT2D eigenvalue weighted by atomic mass is 10.1. The molecule has 4 nitrogen and oxygen atoms in total. The van der Waals surface area contributed by atoms with Gasteiger partial charge in [0.15, 0.2) is 0 Å². The first-order valence-electron chi connectivity index (χ1n) is 7.65. The fraction of sp³-hybridized carbons (Fsp3) is 0.353. The van der Waals surface area contributed by atoms with Crippen LogP contribution in [0.2, 0.25) is 0 Å². The predicted molar refractivity (Wildman–Crippen MR) is 94.6 cm³/mol. The molecule has 0 radical (unpaired) electrons. The molecule has 0 aliphatic heterocycles. The van der Waals surface area contributed by atoms with Gasteiger partial charge >= 0.3 is 0 Å². The van der Waals surface area contributed by atoms with E-state index in [0.29, 0.717) is 17.0 Å². The Morgan fingerprint density at radius 2 is 2.00 bits per heavy atom. The number of benzene rings is 1. The normalized spacial score (nSPS) is 11.3. The first-order chi connectivity index (χ1) is 11.2. The van der Waals surface area contributed by atoms with Crippen molar-refractivity contribution in [3.63, 3.8) is 0 Å². The van der Waals surface area contributed by atoms with Crippen molar-refractivity contribution in [3.05, 3.63) is 46.4 Å². The molecule has 2 heterocycles. The van der Waals surface area contributed by atoms with Crippen molar-refractivity contribution in [3.8, 4) is 11.5 Å². The summed E-state index contributed by atoms with van der Waals surface area (Å²) < 4.78 is 5.69. The predicted octanol–water partition coefficient (Wildman–Crippen LogP) is 5.07. The first kappa shape index (κ1) is 16.2. The molecule has 0 fully saturated rings. The van der Waals surface area contributed by atoms with E-state index in [1.54, 1.807) is 11.3 Å². The van der Waals surface area contributed by atoms with Gasteiger partial charge in [0, 0.05) is 16.7 Å². The molecule has 0 bridgehead atoms. The minimum atomic E-state index is 0.559. The van der Waals surface area contributed by atoms with Crippen LogP contribution in [0.1, 0.15) is 31.0 Å². The summed E-state index contributed by atoms with van der Waals surface area (Å²) >= 11 is 3.27. The third kappa shape index (κ3) is 4.65. The SMILES string of the molecule is CC(C)CCc1nc(CSc2nnc(-c3ccccc3)o2)cs1. The average molecular weight is 345 g/mol. The maximum absolute atomic E-state index is 5.69. The first-order valence-corrected chi connectivity index (χ1v) is 9.52. The Morgan fingerprint density at radius 3 is 2.78 bits per heavy atom. The minimum Gasteiger partial charge on any atom is -0.411 e. The quantitative estimate of drug-likeness (QED) is 0.559. The fourth-order valence-corrected chi connectivity index (χ4v) is 3.62. The highest BCUT2D eigenvalue weighted by Crippen LogP contribution is 2.26. The Bertz CT molecular complexity index is 737. The summed E-state index contributed by atoms with van der Waals surface area (Å²) in [5.41, 5.74) is 2.02. The van der Waals surface area contributed by atoms with Gasteiger partial charge in [0.1, 0.15) is 0 Å². The molecule has 0 saturated heterocycles. The maximum Gasteiger partial charge on any atom is 0.277 e. The second-order valence-corrected chi connectivity index (χ2v) is 7.56. The molecular weight excluding hydrogens is 326 g/mol. The van der Waals surface area contributed by atoms with E-state index in [1.165, 1.54) is 23.2 Å². The maximum atomic E-state index is 5.69. The van der Waals surface area contributed by atoms with Crippen LogP contribution < -0.4 is 0 Å². The van der Waals surface area contributed by atoms with Gasteiger partial charge in [0.2, 0.25) is 5.89 Å². The molecule has 23 heavy (non-hydrogen) atoms. The number of aryl methyl sites for hydroxylation is 1. The largest absolute Gasteiger partial charge is 0.411 e. The van der Waals surface area contributed by atoms with Crippen molar-refractivity contribution >= 4 is 23.1 Å². The summed E-state index contributed by atoms with van der Waals surface area (Å²) in [7, 11) is 0. The second-order valence-electron chi connectivity index (χ2n) is 5.69. The van der Waals surface area contributed by atoms with E-state index in [4.69, 9.17) is 4.42 Å². The van der Waals surface area contributed by atoms with Crippen molar-refractivity contribution in [2.24, 2.45) is 5.92 Å². The molecule has 120 valence electrons. The molecule has 1 aromatic carbocycles. The highest BCUT2D eigenvalue weighted by molar-refractivity contribution is 7.98. The van der Waals surface area contributed by atoms with Crippen LogP contribution in [-0.4, -0.2) is 15.2 Å². The molecule has 2 aromatic heterocycles. The smallest absolute Gasteiger partial charge is 0.277 e. The Hall–Kier alpha value is -1.66. The summed E-state index contributed by atoms with van der Waals surface area (Å²) in [5.74, 6) is 2.03. The van der Waals surface area contributed by atoms with Crippen LogP contribution in [-0.2, 0) is 12.2 Å². The van der Waals surface area contributed by atoms with Gasteiger partial charge < -0.3 is 4.42 Å². The standard InChI is InChI=1S/C17H19N3OS2/c1-12(2)8-9-15-18-14(10-22-15)11-23-17-20-19-16(21-17)13-6-4-3-5-7-13/h3-7,10,12H,8-9,11H2,1-2H3. The number of aromatic nitrogens is 3. The van der Waals surface area contributed by atoms with Gasteiger partial charge in [0.25, 0.3) is 5.22 Å². The number of nitrogens with zero attached hydrogens (tertiary/aromatic N) is 3. The molecule has 0 amide bonds. The second kappa shape index (κ2) is 7.75. The van der Waals surface area contributed by atoms with Gasteiger partial charge in [-0.1, -0.05) is 43.8 Å². The van der Waals surface area contributed by atoms with Crippen LogP contribution in [0.3, 0.4) is 0 Å². The summed E-state index contributed by atoms with van der Waals surface area (Å²) in [6, 6.07) is 9.81. The monoisotopic (exact) mass is 345 g/mol. The lowest BCUT2D eigenvalue weighted by molar-refractivity contribution is 0.466. The third-order valence-corrected chi connectivity index (χ3v) is 5.12. The molecule has 0 N–H and O–H groups in total. The van der Waals surface area contributed by atoms with Crippen molar-refractivity contribution in [1.82, 2.24) is 15.2 Å². The van der Waals surface area contributed by atoms with Crippen LogP contribution in [0.25, 0.3) is 11.5 Å². The zero-order chi connectivity index (χ0) is 16.1.